The number of rotatable bonds is 1. The van der Waals surface area contributed by atoms with Gasteiger partial charge in [0.15, 0.2) is 0 Å². The lowest BCUT2D eigenvalue weighted by atomic mass is 9.89. The summed E-state index contributed by atoms with van der Waals surface area (Å²) in [6.07, 6.45) is 0.784. The van der Waals surface area contributed by atoms with Crippen LogP contribution in [0.15, 0.2) is 16.6 Å². The zero-order valence-electron chi connectivity index (χ0n) is 8.88. The Morgan fingerprint density at radius 2 is 2.00 bits per heavy atom. The van der Waals surface area contributed by atoms with Gasteiger partial charge in [-0.2, -0.15) is 0 Å². The van der Waals surface area contributed by atoms with Crippen LogP contribution in [-0.2, 0) is 0 Å². The summed E-state index contributed by atoms with van der Waals surface area (Å²) in [6, 6.07) is 2.63. The highest BCUT2D eigenvalue weighted by molar-refractivity contribution is 9.10. The first kappa shape index (κ1) is 12.0. The first-order valence-electron chi connectivity index (χ1n) is 5.34. The monoisotopic (exact) mass is 290 g/mol. The Hall–Kier alpha value is -0.480. The minimum absolute atomic E-state index is 0.0988. The summed E-state index contributed by atoms with van der Waals surface area (Å²) in [5.41, 5.74) is 0.110. The van der Waals surface area contributed by atoms with Gasteiger partial charge in [-0.25, -0.2) is 8.78 Å². The molecule has 0 bridgehead atoms. The Morgan fingerprint density at radius 3 is 2.56 bits per heavy atom. The van der Waals surface area contributed by atoms with Crippen molar-refractivity contribution >= 4 is 15.9 Å². The highest BCUT2D eigenvalue weighted by Crippen LogP contribution is 2.42. The van der Waals surface area contributed by atoms with Crippen LogP contribution in [0.5, 0.6) is 0 Å². The standard InChI is InChI=1S/C12H13BrF2O/c1-6-7(2-5-10(6)16)11-9(14)4-3-8(13)12(11)15/h3-4,6-7,10,16H,2,5H2,1H3. The Kier molecular flexibility index (Phi) is 3.31. The van der Waals surface area contributed by atoms with Gasteiger partial charge in [0.2, 0.25) is 0 Å². The molecule has 0 amide bonds. The third kappa shape index (κ3) is 1.89. The number of benzene rings is 1. The van der Waals surface area contributed by atoms with E-state index in [0.29, 0.717) is 12.8 Å². The van der Waals surface area contributed by atoms with Gasteiger partial charge in [0, 0.05) is 5.56 Å². The Labute approximate surface area is 102 Å². The predicted octanol–water partition coefficient (Wildman–Crippen LogP) is 3.60. The van der Waals surface area contributed by atoms with Crippen molar-refractivity contribution in [2.45, 2.75) is 31.8 Å². The van der Waals surface area contributed by atoms with E-state index in [1.165, 1.54) is 12.1 Å². The van der Waals surface area contributed by atoms with E-state index in [0.717, 1.165) is 0 Å². The van der Waals surface area contributed by atoms with Crippen LogP contribution in [0.3, 0.4) is 0 Å². The van der Waals surface area contributed by atoms with Gasteiger partial charge in [-0.05, 0) is 52.7 Å². The summed E-state index contributed by atoms with van der Waals surface area (Å²) in [5, 5.41) is 9.62. The van der Waals surface area contributed by atoms with Gasteiger partial charge in [-0.3, -0.25) is 0 Å². The summed E-state index contributed by atoms with van der Waals surface area (Å²) in [7, 11) is 0. The minimum Gasteiger partial charge on any atom is -0.393 e. The highest BCUT2D eigenvalue weighted by atomic mass is 79.9. The van der Waals surface area contributed by atoms with Crippen LogP contribution in [0.1, 0.15) is 31.2 Å². The second kappa shape index (κ2) is 4.41. The molecule has 1 N–H and O–H groups in total. The molecule has 1 aliphatic rings. The van der Waals surface area contributed by atoms with Crippen molar-refractivity contribution in [2.24, 2.45) is 5.92 Å². The van der Waals surface area contributed by atoms with E-state index in [-0.39, 0.29) is 21.9 Å². The third-order valence-electron chi connectivity index (χ3n) is 3.47. The second-order valence-electron chi connectivity index (χ2n) is 4.37. The van der Waals surface area contributed by atoms with Crippen molar-refractivity contribution in [1.82, 2.24) is 0 Å². The van der Waals surface area contributed by atoms with Crippen LogP contribution in [0.4, 0.5) is 8.78 Å². The van der Waals surface area contributed by atoms with Crippen LogP contribution >= 0.6 is 15.9 Å². The third-order valence-corrected chi connectivity index (χ3v) is 4.08. The molecule has 1 fully saturated rings. The van der Waals surface area contributed by atoms with Crippen LogP contribution in [-0.4, -0.2) is 11.2 Å². The van der Waals surface area contributed by atoms with Crippen molar-refractivity contribution in [1.29, 1.82) is 0 Å². The minimum atomic E-state index is -0.536. The fourth-order valence-electron chi connectivity index (χ4n) is 2.43. The van der Waals surface area contributed by atoms with Gasteiger partial charge >= 0.3 is 0 Å². The first-order chi connectivity index (χ1) is 7.52. The smallest absolute Gasteiger partial charge is 0.143 e. The summed E-state index contributed by atoms with van der Waals surface area (Å²) < 4.78 is 27.8. The molecular weight excluding hydrogens is 278 g/mol. The van der Waals surface area contributed by atoms with Crippen LogP contribution < -0.4 is 0 Å². The molecule has 0 aliphatic heterocycles. The highest BCUT2D eigenvalue weighted by Gasteiger charge is 2.36. The SMILES string of the molecule is CC1C(O)CCC1c1c(F)ccc(Br)c1F. The van der Waals surface area contributed by atoms with Gasteiger partial charge in [0.05, 0.1) is 10.6 Å². The molecule has 2 rings (SSSR count). The zero-order valence-corrected chi connectivity index (χ0v) is 10.5. The molecule has 3 unspecified atom stereocenters. The van der Waals surface area contributed by atoms with E-state index in [4.69, 9.17) is 0 Å². The fraction of sp³-hybridized carbons (Fsp3) is 0.500. The molecule has 4 heteroatoms. The van der Waals surface area contributed by atoms with Crippen molar-refractivity contribution in [3.8, 4) is 0 Å². The molecule has 16 heavy (non-hydrogen) atoms. The van der Waals surface area contributed by atoms with Gasteiger partial charge in [-0.15, -0.1) is 0 Å². The lowest BCUT2D eigenvalue weighted by Gasteiger charge is -2.19. The average molecular weight is 291 g/mol. The largest absolute Gasteiger partial charge is 0.393 e. The number of aliphatic hydroxyl groups excluding tert-OH is 1. The lowest BCUT2D eigenvalue weighted by molar-refractivity contribution is 0.136. The van der Waals surface area contributed by atoms with Crippen molar-refractivity contribution in [2.75, 3.05) is 0 Å². The topological polar surface area (TPSA) is 20.2 Å². The average Bonchev–Trinajstić information content (AvgIpc) is 2.56. The number of aliphatic hydroxyl groups is 1. The van der Waals surface area contributed by atoms with Crippen LogP contribution in [0.2, 0.25) is 0 Å². The van der Waals surface area contributed by atoms with E-state index in [1.54, 1.807) is 0 Å². The quantitative estimate of drug-likeness (QED) is 0.784. The summed E-state index contributed by atoms with van der Waals surface area (Å²) in [5.74, 6) is -1.39. The summed E-state index contributed by atoms with van der Waals surface area (Å²) in [4.78, 5) is 0. The van der Waals surface area contributed by atoms with Gasteiger partial charge in [-0.1, -0.05) is 6.92 Å². The molecule has 0 aromatic heterocycles. The maximum atomic E-state index is 13.8. The van der Waals surface area contributed by atoms with Crippen molar-refractivity contribution in [3.63, 3.8) is 0 Å². The molecular formula is C12H13BrF2O. The molecule has 0 saturated heterocycles. The van der Waals surface area contributed by atoms with E-state index in [2.05, 4.69) is 15.9 Å². The molecule has 1 aliphatic carbocycles. The molecule has 3 atom stereocenters. The van der Waals surface area contributed by atoms with Gasteiger partial charge < -0.3 is 5.11 Å². The van der Waals surface area contributed by atoms with Gasteiger partial charge in [0.25, 0.3) is 0 Å². The zero-order chi connectivity index (χ0) is 11.9. The number of hydrogen-bond acceptors (Lipinski definition) is 1. The van der Waals surface area contributed by atoms with E-state index < -0.39 is 17.7 Å². The lowest BCUT2D eigenvalue weighted by Crippen LogP contribution is -2.16. The Morgan fingerprint density at radius 1 is 1.31 bits per heavy atom. The molecule has 1 aromatic carbocycles. The van der Waals surface area contributed by atoms with E-state index >= 15 is 0 Å². The number of hydrogen-bond donors (Lipinski definition) is 1. The molecule has 0 radical (unpaired) electrons. The number of halogens is 3. The first-order valence-corrected chi connectivity index (χ1v) is 6.13. The van der Waals surface area contributed by atoms with Crippen LogP contribution in [0, 0.1) is 17.6 Å². The normalized spacial score (nSPS) is 29.7. The van der Waals surface area contributed by atoms with E-state index in [9.17, 15) is 13.9 Å². The molecule has 1 nitrogen and oxygen atoms in total. The molecule has 88 valence electrons. The fourth-order valence-corrected chi connectivity index (χ4v) is 2.78. The molecule has 1 saturated carbocycles. The maximum Gasteiger partial charge on any atom is 0.143 e. The summed E-state index contributed by atoms with van der Waals surface area (Å²) in [6.45, 7) is 1.84. The van der Waals surface area contributed by atoms with Gasteiger partial charge in [0.1, 0.15) is 11.6 Å². The second-order valence-corrected chi connectivity index (χ2v) is 5.22. The van der Waals surface area contributed by atoms with E-state index in [1.807, 2.05) is 6.92 Å². The molecule has 1 aromatic rings. The summed E-state index contributed by atoms with van der Waals surface area (Å²) >= 11 is 3.06. The van der Waals surface area contributed by atoms with Crippen molar-refractivity contribution < 1.29 is 13.9 Å². The Bertz CT molecular complexity index is 408. The molecule has 0 spiro atoms. The maximum absolute atomic E-state index is 13.8. The van der Waals surface area contributed by atoms with Crippen molar-refractivity contribution in [3.05, 3.63) is 33.8 Å². The predicted molar refractivity (Wildman–Crippen MR) is 61.2 cm³/mol. The van der Waals surface area contributed by atoms with Crippen LogP contribution in [0.25, 0.3) is 0 Å². The molecule has 0 heterocycles. The Balaban J connectivity index is 2.44.